The number of anilines is 1. The molecule has 13 heteroatoms. The Kier molecular flexibility index (Phi) is 8.91. The van der Waals surface area contributed by atoms with Gasteiger partial charge >= 0.3 is 18.3 Å². The third-order valence-corrected chi connectivity index (χ3v) is 5.81. The number of carbonyl (C=O) groups is 2. The Bertz CT molecular complexity index is 1200. The van der Waals surface area contributed by atoms with Crippen molar-refractivity contribution < 1.29 is 31.9 Å². The molecule has 1 atom stereocenters. The van der Waals surface area contributed by atoms with E-state index >= 15 is 0 Å². The maximum Gasteiger partial charge on any atom is 0.419 e. The van der Waals surface area contributed by atoms with Crippen LogP contribution in [0, 0.1) is 5.82 Å². The summed E-state index contributed by atoms with van der Waals surface area (Å²) in [6, 6.07) is 0.964. The highest BCUT2D eigenvalue weighted by Gasteiger charge is 2.35. The summed E-state index contributed by atoms with van der Waals surface area (Å²) >= 11 is 0. The molecule has 1 aliphatic rings. The highest BCUT2D eigenvalue weighted by Crippen LogP contribution is 2.33. The van der Waals surface area contributed by atoms with Crippen LogP contribution in [-0.4, -0.2) is 63.7 Å². The number of ether oxygens (including phenoxy) is 1. The molecule has 0 radical (unpaired) electrons. The van der Waals surface area contributed by atoms with Gasteiger partial charge in [-0.05, 0) is 64.3 Å². The first-order valence-corrected chi connectivity index (χ1v) is 12.5. The molecule has 3 amide bonds. The summed E-state index contributed by atoms with van der Waals surface area (Å²) in [5.41, 5.74) is -0.587. The number of likely N-dealkylation sites (N-methyl/N-ethyl adjacent to an activating group) is 1. The molecule has 1 aromatic heterocycles. The Labute approximate surface area is 224 Å². The Morgan fingerprint density at radius 2 is 1.90 bits per heavy atom. The van der Waals surface area contributed by atoms with E-state index < -0.39 is 41.3 Å². The fourth-order valence-corrected chi connectivity index (χ4v) is 3.95. The molecule has 1 aromatic carbocycles. The van der Waals surface area contributed by atoms with Gasteiger partial charge in [0.1, 0.15) is 11.4 Å². The lowest BCUT2D eigenvalue weighted by Gasteiger charge is -2.32. The van der Waals surface area contributed by atoms with Gasteiger partial charge in [-0.25, -0.2) is 23.9 Å². The van der Waals surface area contributed by atoms with Gasteiger partial charge in [0.25, 0.3) is 0 Å². The van der Waals surface area contributed by atoms with Gasteiger partial charge < -0.3 is 25.2 Å². The van der Waals surface area contributed by atoms with Crippen molar-refractivity contribution in [1.29, 1.82) is 0 Å². The molecule has 0 saturated carbocycles. The Hall–Kier alpha value is -3.64. The molecule has 39 heavy (non-hydrogen) atoms. The van der Waals surface area contributed by atoms with Gasteiger partial charge in [0.05, 0.1) is 23.8 Å². The SMILES string of the molecule is CC(C)Nc1ncc2c(n1)CN(C(=O)N[C@H](CN(C)C(=O)OC(C)(C)C)c1ccc(C(F)(F)F)c(F)c1)CC2. The zero-order chi connectivity index (χ0) is 29.1. The minimum absolute atomic E-state index is 0.0624. The summed E-state index contributed by atoms with van der Waals surface area (Å²) < 4.78 is 59.2. The molecule has 9 nitrogen and oxygen atoms in total. The van der Waals surface area contributed by atoms with Crippen molar-refractivity contribution in [3.05, 3.63) is 52.6 Å². The molecule has 214 valence electrons. The van der Waals surface area contributed by atoms with E-state index in [0.717, 1.165) is 17.7 Å². The first-order valence-electron chi connectivity index (χ1n) is 12.5. The van der Waals surface area contributed by atoms with Crippen molar-refractivity contribution in [2.24, 2.45) is 0 Å². The van der Waals surface area contributed by atoms with Crippen LogP contribution in [0.25, 0.3) is 0 Å². The molecule has 0 spiro atoms. The third-order valence-electron chi connectivity index (χ3n) is 5.81. The number of hydrogen-bond donors (Lipinski definition) is 2. The van der Waals surface area contributed by atoms with Crippen LogP contribution in [0.1, 0.15) is 63.0 Å². The maximum absolute atomic E-state index is 14.4. The number of benzene rings is 1. The molecule has 0 aliphatic carbocycles. The number of aromatic nitrogens is 2. The number of fused-ring (bicyclic) bond motifs is 1. The molecule has 0 fully saturated rings. The number of urea groups is 1. The minimum atomic E-state index is -4.87. The van der Waals surface area contributed by atoms with Gasteiger partial charge in [-0.2, -0.15) is 13.2 Å². The van der Waals surface area contributed by atoms with Crippen LogP contribution >= 0.6 is 0 Å². The Morgan fingerprint density at radius 3 is 2.49 bits per heavy atom. The average Bonchev–Trinajstić information content (AvgIpc) is 2.80. The van der Waals surface area contributed by atoms with E-state index in [0.29, 0.717) is 30.7 Å². The number of carbonyl (C=O) groups excluding carboxylic acids is 2. The van der Waals surface area contributed by atoms with Crippen LogP contribution in [0.15, 0.2) is 24.4 Å². The van der Waals surface area contributed by atoms with Gasteiger partial charge in [0, 0.05) is 32.4 Å². The average molecular weight is 555 g/mol. The van der Waals surface area contributed by atoms with Crippen molar-refractivity contribution in [2.75, 3.05) is 25.5 Å². The molecule has 0 saturated heterocycles. The van der Waals surface area contributed by atoms with E-state index in [1.165, 1.54) is 16.8 Å². The summed E-state index contributed by atoms with van der Waals surface area (Å²) in [7, 11) is 1.42. The van der Waals surface area contributed by atoms with Crippen molar-refractivity contribution in [3.8, 4) is 0 Å². The minimum Gasteiger partial charge on any atom is -0.444 e. The molecule has 1 aliphatic heterocycles. The summed E-state index contributed by atoms with van der Waals surface area (Å²) in [6.45, 7) is 9.28. The van der Waals surface area contributed by atoms with Crippen molar-refractivity contribution >= 4 is 18.1 Å². The molecule has 2 heterocycles. The van der Waals surface area contributed by atoms with Crippen LogP contribution in [0.4, 0.5) is 33.1 Å². The number of nitrogens with zero attached hydrogens (tertiary/aromatic N) is 4. The molecule has 0 unspecified atom stereocenters. The van der Waals surface area contributed by atoms with Crippen molar-refractivity contribution in [3.63, 3.8) is 0 Å². The number of nitrogens with one attached hydrogen (secondary N) is 2. The largest absolute Gasteiger partial charge is 0.444 e. The summed E-state index contributed by atoms with van der Waals surface area (Å²) in [6.07, 6.45) is -3.36. The fourth-order valence-electron chi connectivity index (χ4n) is 3.95. The van der Waals surface area contributed by atoms with Gasteiger partial charge in [-0.3, -0.25) is 0 Å². The lowest BCUT2D eigenvalue weighted by atomic mass is 10.0. The first kappa shape index (κ1) is 29.9. The first-order chi connectivity index (χ1) is 18.0. The zero-order valence-electron chi connectivity index (χ0n) is 22.8. The highest BCUT2D eigenvalue weighted by molar-refractivity contribution is 5.75. The number of alkyl halides is 3. The van der Waals surface area contributed by atoms with Crippen LogP contribution in [0.2, 0.25) is 0 Å². The summed E-state index contributed by atoms with van der Waals surface area (Å²) in [5.74, 6) is -1.05. The van der Waals surface area contributed by atoms with Gasteiger partial charge in [0.2, 0.25) is 5.95 Å². The fraction of sp³-hybridized carbons (Fsp3) is 0.538. The lowest BCUT2D eigenvalue weighted by Crippen LogP contribution is -2.47. The predicted molar refractivity (Wildman–Crippen MR) is 136 cm³/mol. The van der Waals surface area contributed by atoms with E-state index in [9.17, 15) is 27.2 Å². The molecule has 3 rings (SSSR count). The standard InChI is InChI=1S/C26H34F4N6O3/c1-15(2)32-22-31-12-17-9-10-36(14-21(17)33-22)23(37)34-20(13-35(6)24(38)39-25(3,4)5)16-7-8-18(19(27)11-16)26(28,29)30/h7-8,11-12,15,20H,9-10,13-14H2,1-6H3,(H,34,37)(H,31,32,33)/t20-/m1/s1. The highest BCUT2D eigenvalue weighted by atomic mass is 19.4. The van der Waals surface area contributed by atoms with Crippen LogP contribution < -0.4 is 10.6 Å². The molecular formula is C26H34F4N6O3. The van der Waals surface area contributed by atoms with E-state index in [1.807, 2.05) is 13.8 Å². The smallest absolute Gasteiger partial charge is 0.419 e. The van der Waals surface area contributed by atoms with Crippen LogP contribution in [-0.2, 0) is 23.9 Å². The van der Waals surface area contributed by atoms with E-state index in [1.54, 1.807) is 27.0 Å². The summed E-state index contributed by atoms with van der Waals surface area (Å²) in [5, 5.41) is 5.86. The van der Waals surface area contributed by atoms with Gasteiger partial charge in [0.15, 0.2) is 0 Å². The van der Waals surface area contributed by atoms with Gasteiger partial charge in [-0.15, -0.1) is 0 Å². The van der Waals surface area contributed by atoms with E-state index in [-0.39, 0.29) is 24.7 Å². The predicted octanol–water partition coefficient (Wildman–Crippen LogP) is 5.13. The quantitative estimate of drug-likeness (QED) is 0.481. The van der Waals surface area contributed by atoms with Crippen LogP contribution in [0.5, 0.6) is 0 Å². The zero-order valence-corrected chi connectivity index (χ0v) is 22.8. The summed E-state index contributed by atoms with van der Waals surface area (Å²) in [4.78, 5) is 37.3. The molecule has 0 bridgehead atoms. The topological polar surface area (TPSA) is 99.7 Å². The second kappa shape index (κ2) is 11.6. The number of hydrogen-bond acceptors (Lipinski definition) is 6. The van der Waals surface area contributed by atoms with Crippen molar-refractivity contribution in [1.82, 2.24) is 25.1 Å². The van der Waals surface area contributed by atoms with E-state index in [2.05, 4.69) is 20.6 Å². The number of rotatable bonds is 6. The normalized spacial score (nSPS) is 14.5. The molecule has 2 N–H and O–H groups in total. The maximum atomic E-state index is 14.4. The third kappa shape index (κ3) is 8.17. The Morgan fingerprint density at radius 1 is 1.21 bits per heavy atom. The van der Waals surface area contributed by atoms with E-state index in [4.69, 9.17) is 4.74 Å². The van der Waals surface area contributed by atoms with Gasteiger partial charge in [-0.1, -0.05) is 6.07 Å². The second-order valence-corrected chi connectivity index (χ2v) is 10.7. The van der Waals surface area contributed by atoms with Crippen LogP contribution in [0.3, 0.4) is 0 Å². The molecular weight excluding hydrogens is 520 g/mol. The molecule has 2 aromatic rings. The number of halogens is 4. The monoisotopic (exact) mass is 554 g/mol. The number of amides is 3. The second-order valence-electron chi connectivity index (χ2n) is 10.7. The lowest BCUT2D eigenvalue weighted by molar-refractivity contribution is -0.140. The Balaban J connectivity index is 1.83. The van der Waals surface area contributed by atoms with Crippen molar-refractivity contribution in [2.45, 2.75) is 71.4 Å².